The molecule has 0 aromatic rings. The van der Waals surface area contributed by atoms with E-state index in [4.69, 9.17) is 14.2 Å². The number of hydrogen-bond acceptors (Lipinski definition) is 6. The van der Waals surface area contributed by atoms with Gasteiger partial charge in [-0.1, -0.05) is 291 Å². The Morgan fingerprint density at radius 1 is 0.312 bits per heavy atom. The lowest BCUT2D eigenvalue weighted by Gasteiger charge is -2.18. The zero-order chi connectivity index (χ0) is 46.7. The van der Waals surface area contributed by atoms with Crippen LogP contribution in [0.25, 0.3) is 0 Å². The summed E-state index contributed by atoms with van der Waals surface area (Å²) in [5.74, 6) is -0.0314. The average Bonchev–Trinajstić information content (AvgIpc) is 3.29. The van der Waals surface area contributed by atoms with Crippen LogP contribution in [0.3, 0.4) is 0 Å². The summed E-state index contributed by atoms with van der Waals surface area (Å²) < 4.78 is 16.9. The molecule has 0 bridgehead atoms. The molecule has 0 heterocycles. The third-order valence-corrected chi connectivity index (χ3v) is 13.7. The molecule has 0 fully saturated rings. The average molecular weight is 906 g/mol. The first kappa shape index (κ1) is 62.4. The first-order chi connectivity index (χ1) is 31.4. The maximum Gasteiger partial charge on any atom is 0.306 e. The van der Waals surface area contributed by atoms with Crippen LogP contribution in [0.15, 0.2) is 0 Å². The second kappa shape index (κ2) is 52.4. The minimum atomic E-state index is -0.762. The van der Waals surface area contributed by atoms with Gasteiger partial charge in [-0.25, -0.2) is 0 Å². The Bertz CT molecular complexity index is 966. The Labute approximate surface area is 399 Å². The van der Waals surface area contributed by atoms with Crippen molar-refractivity contribution in [2.45, 2.75) is 336 Å². The largest absolute Gasteiger partial charge is 0.462 e. The normalized spacial score (nSPS) is 12.4. The van der Waals surface area contributed by atoms with Gasteiger partial charge in [0.1, 0.15) is 13.2 Å². The van der Waals surface area contributed by atoms with E-state index in [2.05, 4.69) is 27.7 Å². The first-order valence-corrected chi connectivity index (χ1v) is 28.9. The lowest BCUT2D eigenvalue weighted by molar-refractivity contribution is -0.167. The fourth-order valence-electron chi connectivity index (χ4n) is 8.89. The summed E-state index contributed by atoms with van der Waals surface area (Å²) in [6.45, 7) is 9.03. The van der Waals surface area contributed by atoms with E-state index < -0.39 is 6.10 Å². The first-order valence-electron chi connectivity index (χ1n) is 28.9. The molecule has 2 atom stereocenters. The number of rotatable bonds is 53. The van der Waals surface area contributed by atoms with Gasteiger partial charge in [0, 0.05) is 19.3 Å². The molecular weight excluding hydrogens is 793 g/mol. The number of ether oxygens (including phenoxy) is 3. The summed E-state index contributed by atoms with van der Waals surface area (Å²) in [7, 11) is 0. The molecule has 0 aliphatic heterocycles. The molecular formula is C58H112O6. The minimum Gasteiger partial charge on any atom is -0.462 e. The smallest absolute Gasteiger partial charge is 0.306 e. The molecule has 1 unspecified atom stereocenters. The highest BCUT2D eigenvalue weighted by atomic mass is 16.6. The van der Waals surface area contributed by atoms with E-state index in [1.807, 2.05) is 0 Å². The molecule has 380 valence electrons. The van der Waals surface area contributed by atoms with Gasteiger partial charge in [0.25, 0.3) is 0 Å². The second-order valence-corrected chi connectivity index (χ2v) is 20.2. The molecule has 0 saturated heterocycles. The van der Waals surface area contributed by atoms with Crippen molar-refractivity contribution in [2.24, 2.45) is 5.92 Å². The predicted octanol–water partition coefficient (Wildman–Crippen LogP) is 19.0. The van der Waals surface area contributed by atoms with Gasteiger partial charge in [0.05, 0.1) is 0 Å². The summed E-state index contributed by atoms with van der Waals surface area (Å²) >= 11 is 0. The molecule has 6 heteroatoms. The zero-order valence-electron chi connectivity index (χ0n) is 43.8. The molecule has 0 aromatic heterocycles. The number of hydrogen-bond donors (Lipinski definition) is 0. The van der Waals surface area contributed by atoms with Crippen LogP contribution in [0.4, 0.5) is 0 Å². The quantitative estimate of drug-likeness (QED) is 0.0344. The number of esters is 3. The Kier molecular flexibility index (Phi) is 51.1. The van der Waals surface area contributed by atoms with Gasteiger partial charge in [0.15, 0.2) is 6.10 Å². The van der Waals surface area contributed by atoms with Crippen LogP contribution in [0.1, 0.15) is 329 Å². The molecule has 0 amide bonds. The van der Waals surface area contributed by atoms with Crippen molar-refractivity contribution < 1.29 is 28.6 Å². The van der Waals surface area contributed by atoms with Crippen molar-refractivity contribution in [2.75, 3.05) is 13.2 Å². The lowest BCUT2D eigenvalue weighted by Crippen LogP contribution is -2.30. The molecule has 64 heavy (non-hydrogen) atoms. The van der Waals surface area contributed by atoms with Crippen LogP contribution in [-0.4, -0.2) is 37.2 Å². The van der Waals surface area contributed by atoms with E-state index in [0.717, 1.165) is 63.7 Å². The molecule has 0 aromatic carbocycles. The highest BCUT2D eigenvalue weighted by Gasteiger charge is 2.19. The van der Waals surface area contributed by atoms with Crippen molar-refractivity contribution in [3.05, 3.63) is 0 Å². The summed E-state index contributed by atoms with van der Waals surface area (Å²) in [5, 5.41) is 0. The van der Waals surface area contributed by atoms with Crippen LogP contribution in [0.5, 0.6) is 0 Å². The SMILES string of the molecule is CCCCCCCCCCCCCCCCCCCCCC(=O)OC[C@@H](COC(=O)CCCCCCCCCCCCCCCCCCC)OC(=O)CCCCCCCCC(C)CC. The monoisotopic (exact) mass is 905 g/mol. The molecule has 0 N–H and O–H groups in total. The summed E-state index contributed by atoms with van der Waals surface area (Å²) in [4.78, 5) is 38.1. The highest BCUT2D eigenvalue weighted by Crippen LogP contribution is 2.18. The van der Waals surface area contributed by atoms with Crippen LogP contribution in [-0.2, 0) is 28.6 Å². The van der Waals surface area contributed by atoms with Crippen LogP contribution in [0, 0.1) is 5.92 Å². The van der Waals surface area contributed by atoms with E-state index in [9.17, 15) is 14.4 Å². The third-order valence-electron chi connectivity index (χ3n) is 13.7. The number of carbonyl (C=O) groups is 3. The Balaban J connectivity index is 4.21. The van der Waals surface area contributed by atoms with Crippen LogP contribution >= 0.6 is 0 Å². The van der Waals surface area contributed by atoms with Gasteiger partial charge in [-0.05, 0) is 25.2 Å². The highest BCUT2D eigenvalue weighted by molar-refractivity contribution is 5.71. The van der Waals surface area contributed by atoms with E-state index in [1.54, 1.807) is 0 Å². The molecule has 6 nitrogen and oxygen atoms in total. The van der Waals surface area contributed by atoms with Crippen molar-refractivity contribution in [1.29, 1.82) is 0 Å². The molecule has 0 aliphatic rings. The van der Waals surface area contributed by atoms with E-state index in [0.29, 0.717) is 19.3 Å². The lowest BCUT2D eigenvalue weighted by atomic mass is 10.00. The fraction of sp³-hybridized carbons (Fsp3) is 0.948. The minimum absolute atomic E-state index is 0.0632. The third kappa shape index (κ3) is 49.8. The van der Waals surface area contributed by atoms with Gasteiger partial charge in [-0.15, -0.1) is 0 Å². The molecule has 0 saturated carbocycles. The van der Waals surface area contributed by atoms with Crippen LogP contribution in [0.2, 0.25) is 0 Å². The topological polar surface area (TPSA) is 78.9 Å². The van der Waals surface area contributed by atoms with Gasteiger partial charge < -0.3 is 14.2 Å². The van der Waals surface area contributed by atoms with E-state index >= 15 is 0 Å². The number of carbonyl (C=O) groups excluding carboxylic acids is 3. The molecule has 0 rings (SSSR count). The predicted molar refractivity (Wildman–Crippen MR) is 275 cm³/mol. The van der Waals surface area contributed by atoms with E-state index in [-0.39, 0.29) is 31.1 Å². The van der Waals surface area contributed by atoms with Gasteiger partial charge >= 0.3 is 17.9 Å². The number of unbranched alkanes of at least 4 members (excludes halogenated alkanes) is 39. The van der Waals surface area contributed by atoms with Crippen molar-refractivity contribution >= 4 is 17.9 Å². The van der Waals surface area contributed by atoms with E-state index in [1.165, 1.54) is 225 Å². The van der Waals surface area contributed by atoms with Gasteiger partial charge in [-0.3, -0.25) is 14.4 Å². The molecule has 0 spiro atoms. The second-order valence-electron chi connectivity index (χ2n) is 20.2. The molecule has 0 radical (unpaired) electrons. The fourth-order valence-corrected chi connectivity index (χ4v) is 8.89. The van der Waals surface area contributed by atoms with Gasteiger partial charge in [0.2, 0.25) is 0 Å². The Morgan fingerprint density at radius 2 is 0.547 bits per heavy atom. The summed E-state index contributed by atoms with van der Waals surface area (Å²) in [6.07, 6.45) is 56.7. The zero-order valence-corrected chi connectivity index (χ0v) is 43.8. The van der Waals surface area contributed by atoms with Crippen molar-refractivity contribution in [3.63, 3.8) is 0 Å². The van der Waals surface area contributed by atoms with Crippen molar-refractivity contribution in [1.82, 2.24) is 0 Å². The standard InChI is InChI=1S/C58H112O6/c1-5-8-10-12-14-16-18-20-22-24-25-27-29-31-33-35-37-42-46-50-57(60)63-53-55(64-58(61)51-47-43-39-38-40-44-48-54(4)7-3)52-62-56(59)49-45-41-36-34-32-30-28-26-23-21-19-17-15-13-11-9-6-2/h54-55H,5-53H2,1-4H3/t54?,55-/m1/s1. The Hall–Kier alpha value is -1.59. The van der Waals surface area contributed by atoms with Crippen molar-refractivity contribution in [3.8, 4) is 0 Å². The Morgan fingerprint density at radius 3 is 0.812 bits per heavy atom. The maximum atomic E-state index is 12.8. The van der Waals surface area contributed by atoms with Crippen LogP contribution < -0.4 is 0 Å². The maximum absolute atomic E-state index is 12.8. The van der Waals surface area contributed by atoms with Gasteiger partial charge in [-0.2, -0.15) is 0 Å². The summed E-state index contributed by atoms with van der Waals surface area (Å²) in [5.41, 5.74) is 0. The molecule has 0 aliphatic carbocycles. The summed E-state index contributed by atoms with van der Waals surface area (Å²) in [6, 6.07) is 0.